The maximum absolute atomic E-state index is 14.3. The van der Waals surface area contributed by atoms with Crippen molar-refractivity contribution in [2.75, 3.05) is 5.32 Å². The molecule has 0 saturated carbocycles. The lowest BCUT2D eigenvalue weighted by Gasteiger charge is -2.14. The van der Waals surface area contributed by atoms with E-state index in [1.165, 1.54) is 13.8 Å². The van der Waals surface area contributed by atoms with Gasteiger partial charge in [0.15, 0.2) is 19.9 Å². The summed E-state index contributed by atoms with van der Waals surface area (Å²) in [6.45, 7) is 2.96. The maximum atomic E-state index is 14.3. The van der Waals surface area contributed by atoms with Gasteiger partial charge in [0, 0.05) is 16.3 Å². The van der Waals surface area contributed by atoms with Gasteiger partial charge in [-0.15, -0.1) is 15.7 Å². The Morgan fingerprint density at radius 2 is 1.86 bits per heavy atom. The molecular formula is C19H23FN4O3S2. The fourth-order valence-electron chi connectivity index (χ4n) is 3.88. The highest BCUT2D eigenvalue weighted by Gasteiger charge is 2.28. The van der Waals surface area contributed by atoms with Crippen LogP contribution in [0.15, 0.2) is 14.6 Å². The number of nitrogens with one attached hydrogen (secondary N) is 1. The van der Waals surface area contributed by atoms with Crippen LogP contribution in [0, 0.1) is 5.82 Å². The predicted molar refractivity (Wildman–Crippen MR) is 110 cm³/mol. The van der Waals surface area contributed by atoms with E-state index in [1.807, 2.05) is 0 Å². The standard InChI is InChI=1S/C19H23FN4O3S2/c1-19(2,26)15-9-12(20)17(28-15)29(21,27)24-18(25)23-16-10-5-3-7-13(10)22-14-8-4-6-11(14)16/h9,26H,3-8H2,1-2H3,(H3,21,22,23,24,25,27)/t29-/m1/s1. The molecule has 0 aliphatic heterocycles. The number of thiophene rings is 1. The first kappa shape index (κ1) is 20.4. The number of hydrogen-bond donors (Lipinski definition) is 3. The summed E-state index contributed by atoms with van der Waals surface area (Å²) in [5.41, 5.74) is 3.38. The highest BCUT2D eigenvalue weighted by atomic mass is 32.2. The van der Waals surface area contributed by atoms with Crippen molar-refractivity contribution in [1.29, 1.82) is 0 Å². The Bertz CT molecular complexity index is 1100. The highest BCUT2D eigenvalue weighted by Crippen LogP contribution is 2.37. The minimum atomic E-state index is -3.80. The second kappa shape index (κ2) is 7.12. The molecule has 0 spiro atoms. The Hall–Kier alpha value is -1.88. The summed E-state index contributed by atoms with van der Waals surface area (Å²) in [5.74, 6) is -0.845. The van der Waals surface area contributed by atoms with Crippen LogP contribution in [0.4, 0.5) is 14.9 Å². The summed E-state index contributed by atoms with van der Waals surface area (Å²) in [5, 5.41) is 18.5. The number of hydrogen-bond acceptors (Lipinski definition) is 5. The number of anilines is 1. The molecule has 0 aromatic carbocycles. The molecule has 0 bridgehead atoms. The molecule has 2 aliphatic rings. The number of aliphatic hydroxyl groups is 1. The lowest BCUT2D eigenvalue weighted by Crippen LogP contribution is -2.19. The molecule has 4 N–H and O–H groups in total. The van der Waals surface area contributed by atoms with Crippen LogP contribution in [0.3, 0.4) is 0 Å². The number of pyridine rings is 1. The van der Waals surface area contributed by atoms with Gasteiger partial charge in [-0.3, -0.25) is 4.98 Å². The van der Waals surface area contributed by atoms with E-state index in [9.17, 15) is 18.5 Å². The number of nitrogens with zero attached hydrogens (tertiary/aromatic N) is 2. The van der Waals surface area contributed by atoms with Crippen LogP contribution >= 0.6 is 11.3 Å². The van der Waals surface area contributed by atoms with Crippen LogP contribution < -0.4 is 10.5 Å². The fraction of sp³-hybridized carbons (Fsp3) is 0.474. The van der Waals surface area contributed by atoms with E-state index >= 15 is 0 Å². The number of urea groups is 1. The van der Waals surface area contributed by atoms with Crippen molar-refractivity contribution in [2.24, 2.45) is 9.50 Å². The van der Waals surface area contributed by atoms with Gasteiger partial charge < -0.3 is 10.4 Å². The quantitative estimate of drug-likeness (QED) is 0.680. The summed E-state index contributed by atoms with van der Waals surface area (Å²) < 4.78 is 30.4. The van der Waals surface area contributed by atoms with Crippen LogP contribution in [0.2, 0.25) is 0 Å². The normalized spacial score (nSPS) is 17.6. The molecule has 0 saturated heterocycles. The first-order valence-electron chi connectivity index (χ1n) is 9.48. The van der Waals surface area contributed by atoms with E-state index in [1.54, 1.807) is 0 Å². The van der Waals surface area contributed by atoms with Crippen molar-refractivity contribution in [3.8, 4) is 0 Å². The van der Waals surface area contributed by atoms with Crippen LogP contribution in [0.1, 0.15) is 54.1 Å². The van der Waals surface area contributed by atoms with Gasteiger partial charge in [0.1, 0.15) is 0 Å². The molecule has 2 aliphatic carbocycles. The number of amides is 2. The zero-order chi connectivity index (χ0) is 21.0. The van der Waals surface area contributed by atoms with Crippen LogP contribution in [-0.2, 0) is 41.2 Å². The lowest BCUT2D eigenvalue weighted by atomic mass is 10.1. The Morgan fingerprint density at radius 3 is 2.38 bits per heavy atom. The van der Waals surface area contributed by atoms with Crippen molar-refractivity contribution < 1.29 is 18.5 Å². The van der Waals surface area contributed by atoms with E-state index in [2.05, 4.69) is 9.68 Å². The second-order valence-electron chi connectivity index (χ2n) is 7.94. The molecule has 10 heteroatoms. The highest BCUT2D eigenvalue weighted by molar-refractivity contribution is 7.93. The number of aromatic nitrogens is 1. The summed E-state index contributed by atoms with van der Waals surface area (Å²) in [6, 6.07) is 0.201. The maximum Gasteiger partial charge on any atom is 0.354 e. The van der Waals surface area contributed by atoms with Gasteiger partial charge >= 0.3 is 6.03 Å². The first-order valence-corrected chi connectivity index (χ1v) is 11.9. The first-order chi connectivity index (χ1) is 13.6. The molecule has 2 heterocycles. The van der Waals surface area contributed by atoms with E-state index < -0.39 is 27.4 Å². The van der Waals surface area contributed by atoms with Crippen molar-refractivity contribution in [2.45, 2.75) is 62.2 Å². The minimum absolute atomic E-state index is 0.253. The van der Waals surface area contributed by atoms with Crippen LogP contribution in [-0.4, -0.2) is 20.3 Å². The Kier molecular flexibility index (Phi) is 5.01. The number of carbonyl (C=O) groups excluding carboxylic acids is 1. The average Bonchev–Trinajstić information content (AvgIpc) is 3.31. The molecule has 7 nitrogen and oxygen atoms in total. The molecule has 2 amide bonds. The second-order valence-corrected chi connectivity index (χ2v) is 11.0. The number of aryl methyl sites for hydroxylation is 2. The number of carbonyl (C=O) groups is 1. The third-order valence-corrected chi connectivity index (χ3v) is 8.57. The van der Waals surface area contributed by atoms with Gasteiger partial charge in [-0.2, -0.15) is 0 Å². The third-order valence-electron chi connectivity index (χ3n) is 5.23. The number of fused-ring (bicyclic) bond motifs is 2. The van der Waals surface area contributed by atoms with Gasteiger partial charge in [-0.1, -0.05) is 0 Å². The lowest BCUT2D eigenvalue weighted by molar-refractivity contribution is 0.0823. The smallest absolute Gasteiger partial charge is 0.354 e. The predicted octanol–water partition coefficient (Wildman–Crippen LogP) is 3.42. The Morgan fingerprint density at radius 1 is 1.28 bits per heavy atom. The van der Waals surface area contributed by atoms with Gasteiger partial charge in [0.25, 0.3) is 0 Å². The van der Waals surface area contributed by atoms with E-state index in [0.717, 1.165) is 78.4 Å². The number of nitrogens with two attached hydrogens (primary N) is 1. The van der Waals surface area contributed by atoms with E-state index in [-0.39, 0.29) is 9.09 Å². The van der Waals surface area contributed by atoms with Gasteiger partial charge in [0.05, 0.1) is 11.3 Å². The molecule has 0 unspecified atom stereocenters. The molecule has 29 heavy (non-hydrogen) atoms. The largest absolute Gasteiger partial charge is 0.385 e. The topological polar surface area (TPSA) is 118 Å². The fourth-order valence-corrected chi connectivity index (χ4v) is 6.22. The Balaban J connectivity index is 1.68. The van der Waals surface area contributed by atoms with Crippen LogP contribution in [0.5, 0.6) is 0 Å². The monoisotopic (exact) mass is 438 g/mol. The number of rotatable bonds is 3. The van der Waals surface area contributed by atoms with Crippen molar-refractivity contribution in [3.63, 3.8) is 0 Å². The summed E-state index contributed by atoms with van der Waals surface area (Å²) in [7, 11) is -3.80. The van der Waals surface area contributed by atoms with Crippen LogP contribution in [0.25, 0.3) is 0 Å². The average molecular weight is 439 g/mol. The van der Waals surface area contributed by atoms with E-state index in [4.69, 9.17) is 10.1 Å². The van der Waals surface area contributed by atoms with Gasteiger partial charge in [0.2, 0.25) is 0 Å². The summed E-state index contributed by atoms with van der Waals surface area (Å²) in [4.78, 5) is 17.6. The molecule has 156 valence electrons. The van der Waals surface area contributed by atoms with Crippen molar-refractivity contribution in [1.82, 2.24) is 4.98 Å². The number of halogens is 1. The molecule has 1 atom stereocenters. The molecule has 2 aromatic rings. The molecule has 0 radical (unpaired) electrons. The molecule has 2 aromatic heterocycles. The molecular weight excluding hydrogens is 415 g/mol. The SMILES string of the molecule is CC(C)(O)c1cc(F)c([S@](N)(=O)=NC(=O)Nc2c3c(nc4c2CCC4)CCC3)s1. The van der Waals surface area contributed by atoms with Gasteiger partial charge in [-0.25, -0.2) is 18.5 Å². The molecule has 0 fully saturated rings. The zero-order valence-corrected chi connectivity index (χ0v) is 17.9. The van der Waals surface area contributed by atoms with Crippen molar-refractivity contribution in [3.05, 3.63) is 39.3 Å². The van der Waals surface area contributed by atoms with Crippen molar-refractivity contribution >= 4 is 33.0 Å². The zero-order valence-electron chi connectivity index (χ0n) is 16.2. The summed E-state index contributed by atoms with van der Waals surface area (Å²) >= 11 is 0.753. The third kappa shape index (κ3) is 3.81. The van der Waals surface area contributed by atoms with E-state index in [0.29, 0.717) is 5.69 Å². The summed E-state index contributed by atoms with van der Waals surface area (Å²) in [6.07, 6.45) is 5.32. The molecule has 4 rings (SSSR count). The Labute approximate surface area is 172 Å². The minimum Gasteiger partial charge on any atom is -0.385 e. The van der Waals surface area contributed by atoms with Gasteiger partial charge in [-0.05, 0) is 69.6 Å².